The number of nitrogens with one attached hydrogen (secondary N) is 3. The molecule has 0 aliphatic carbocycles. The van der Waals surface area contributed by atoms with Crippen molar-refractivity contribution in [1.82, 2.24) is 20.9 Å². The molecule has 0 fully saturated rings. The number of nitrogens with zero attached hydrogens (tertiary/aromatic N) is 2. The highest BCUT2D eigenvalue weighted by Gasteiger charge is 2.30. The second-order valence-electron chi connectivity index (χ2n) is 5.74. The molecular weight excluding hydrogens is 363 g/mol. The van der Waals surface area contributed by atoms with Crippen LogP contribution in [0, 0.1) is 0 Å². The van der Waals surface area contributed by atoms with E-state index in [0.29, 0.717) is 19.0 Å². The molecule has 0 heterocycles. The summed E-state index contributed by atoms with van der Waals surface area (Å²) in [5, 5.41) is 8.52. The van der Waals surface area contributed by atoms with Crippen LogP contribution in [-0.4, -0.2) is 62.9 Å². The van der Waals surface area contributed by atoms with E-state index in [-0.39, 0.29) is 24.6 Å². The molecule has 27 heavy (non-hydrogen) atoms. The molecule has 0 aliphatic rings. The zero-order chi connectivity index (χ0) is 20.4. The predicted molar refractivity (Wildman–Crippen MR) is 96.5 cm³/mol. The maximum atomic E-state index is 12.5. The molecule has 0 radical (unpaired) electrons. The highest BCUT2D eigenvalue weighted by molar-refractivity contribution is 5.94. The Labute approximate surface area is 156 Å². The van der Waals surface area contributed by atoms with Crippen LogP contribution < -0.4 is 16.0 Å². The van der Waals surface area contributed by atoms with Gasteiger partial charge in [0, 0.05) is 39.3 Å². The van der Waals surface area contributed by atoms with Gasteiger partial charge in [-0.15, -0.1) is 0 Å². The SMILES string of the molecule is CCNC(=NCC(=O)N(C)C)NCCNC(=O)c1ccc(C(F)(F)F)cc1. The molecule has 1 rings (SSSR count). The van der Waals surface area contributed by atoms with Crippen LogP contribution in [0.5, 0.6) is 0 Å². The first-order valence-electron chi connectivity index (χ1n) is 8.33. The summed E-state index contributed by atoms with van der Waals surface area (Å²) in [6.45, 7) is 3.01. The monoisotopic (exact) mass is 387 g/mol. The van der Waals surface area contributed by atoms with E-state index in [1.165, 1.54) is 4.90 Å². The molecule has 0 aliphatic heterocycles. The smallest absolute Gasteiger partial charge is 0.357 e. The maximum Gasteiger partial charge on any atom is 0.416 e. The van der Waals surface area contributed by atoms with Gasteiger partial charge in [-0.2, -0.15) is 13.2 Å². The first-order valence-corrected chi connectivity index (χ1v) is 8.33. The van der Waals surface area contributed by atoms with E-state index in [1.807, 2.05) is 6.92 Å². The van der Waals surface area contributed by atoms with Crippen molar-refractivity contribution in [3.05, 3.63) is 35.4 Å². The predicted octanol–water partition coefficient (Wildman–Crippen LogP) is 1.08. The van der Waals surface area contributed by atoms with Crippen molar-refractivity contribution in [1.29, 1.82) is 0 Å². The quantitative estimate of drug-likeness (QED) is 0.371. The number of hydrogen-bond donors (Lipinski definition) is 3. The lowest BCUT2D eigenvalue weighted by Crippen LogP contribution is -2.42. The van der Waals surface area contributed by atoms with Gasteiger partial charge in [-0.25, -0.2) is 4.99 Å². The van der Waals surface area contributed by atoms with E-state index < -0.39 is 17.6 Å². The second-order valence-corrected chi connectivity index (χ2v) is 5.74. The van der Waals surface area contributed by atoms with Crippen LogP contribution in [0.2, 0.25) is 0 Å². The minimum Gasteiger partial charge on any atom is -0.357 e. The van der Waals surface area contributed by atoms with Crippen molar-refractivity contribution in [3.8, 4) is 0 Å². The molecule has 1 aromatic rings. The largest absolute Gasteiger partial charge is 0.416 e. The highest BCUT2D eigenvalue weighted by Crippen LogP contribution is 2.28. The molecule has 3 N–H and O–H groups in total. The average molecular weight is 387 g/mol. The van der Waals surface area contributed by atoms with Gasteiger partial charge in [-0.05, 0) is 31.2 Å². The van der Waals surface area contributed by atoms with Gasteiger partial charge in [0.2, 0.25) is 5.91 Å². The third-order valence-electron chi connectivity index (χ3n) is 3.39. The van der Waals surface area contributed by atoms with Gasteiger partial charge in [0.15, 0.2) is 5.96 Å². The maximum absolute atomic E-state index is 12.5. The normalized spacial score (nSPS) is 11.7. The standard InChI is InChI=1S/C17H24F3N5O2/c1-4-21-16(24-11-14(26)25(2)3)23-10-9-22-15(27)12-5-7-13(8-6-12)17(18,19)20/h5-8H,4,9-11H2,1-3H3,(H,22,27)(H2,21,23,24). The number of benzene rings is 1. The molecule has 0 unspecified atom stereocenters. The number of guanidine groups is 1. The Balaban J connectivity index is 2.47. The number of alkyl halides is 3. The zero-order valence-electron chi connectivity index (χ0n) is 15.5. The lowest BCUT2D eigenvalue weighted by molar-refractivity contribution is -0.137. The number of halogens is 3. The van der Waals surface area contributed by atoms with Gasteiger partial charge in [0.25, 0.3) is 5.91 Å². The van der Waals surface area contributed by atoms with Crippen molar-refractivity contribution in [3.63, 3.8) is 0 Å². The summed E-state index contributed by atoms with van der Waals surface area (Å²) in [6.07, 6.45) is -4.44. The summed E-state index contributed by atoms with van der Waals surface area (Å²) >= 11 is 0. The number of likely N-dealkylation sites (N-methyl/N-ethyl adjacent to an activating group) is 1. The first-order chi connectivity index (χ1) is 12.6. The highest BCUT2D eigenvalue weighted by atomic mass is 19.4. The molecule has 2 amide bonds. The Kier molecular flexibility index (Phi) is 8.57. The Bertz CT molecular complexity index is 658. The fraction of sp³-hybridized carbons (Fsp3) is 0.471. The van der Waals surface area contributed by atoms with Gasteiger partial charge in [0.1, 0.15) is 6.54 Å². The Morgan fingerprint density at radius 2 is 1.63 bits per heavy atom. The van der Waals surface area contributed by atoms with Crippen molar-refractivity contribution < 1.29 is 22.8 Å². The van der Waals surface area contributed by atoms with Gasteiger partial charge >= 0.3 is 6.18 Å². The van der Waals surface area contributed by atoms with Crippen LogP contribution in [0.25, 0.3) is 0 Å². The summed E-state index contributed by atoms with van der Waals surface area (Å²) < 4.78 is 37.5. The molecule has 0 atom stereocenters. The molecule has 10 heteroatoms. The third-order valence-corrected chi connectivity index (χ3v) is 3.39. The Morgan fingerprint density at radius 3 is 2.15 bits per heavy atom. The van der Waals surface area contributed by atoms with E-state index in [0.717, 1.165) is 24.3 Å². The molecule has 0 saturated carbocycles. The summed E-state index contributed by atoms with van der Waals surface area (Å²) in [4.78, 5) is 29.1. The van der Waals surface area contributed by atoms with Gasteiger partial charge in [0.05, 0.1) is 5.56 Å². The second kappa shape index (κ2) is 10.4. The van der Waals surface area contributed by atoms with Gasteiger partial charge in [-0.3, -0.25) is 9.59 Å². The van der Waals surface area contributed by atoms with E-state index >= 15 is 0 Å². The van der Waals surface area contributed by atoms with Crippen molar-refractivity contribution in [2.45, 2.75) is 13.1 Å². The molecule has 0 saturated heterocycles. The summed E-state index contributed by atoms with van der Waals surface area (Å²) in [7, 11) is 3.27. The lowest BCUT2D eigenvalue weighted by Gasteiger charge is -2.13. The van der Waals surface area contributed by atoms with Gasteiger partial charge < -0.3 is 20.9 Å². The number of rotatable bonds is 7. The fourth-order valence-electron chi connectivity index (χ4n) is 1.90. The van der Waals surface area contributed by atoms with E-state index in [2.05, 4.69) is 20.9 Å². The number of amides is 2. The summed E-state index contributed by atoms with van der Waals surface area (Å²) in [5.74, 6) is -0.200. The van der Waals surface area contributed by atoms with Crippen LogP contribution in [-0.2, 0) is 11.0 Å². The fourth-order valence-corrected chi connectivity index (χ4v) is 1.90. The molecule has 0 bridgehead atoms. The van der Waals surface area contributed by atoms with Crippen LogP contribution >= 0.6 is 0 Å². The first kappa shape index (κ1) is 22.3. The van der Waals surface area contributed by atoms with Crippen LogP contribution in [0.1, 0.15) is 22.8 Å². The third kappa shape index (κ3) is 7.97. The Morgan fingerprint density at radius 1 is 1.04 bits per heavy atom. The number of carbonyl (C=O) groups excluding carboxylic acids is 2. The topological polar surface area (TPSA) is 85.8 Å². The molecule has 1 aromatic carbocycles. The molecule has 0 aromatic heterocycles. The lowest BCUT2D eigenvalue weighted by atomic mass is 10.1. The van der Waals surface area contributed by atoms with Crippen LogP contribution in [0.15, 0.2) is 29.3 Å². The summed E-state index contributed by atoms with van der Waals surface area (Å²) in [5.41, 5.74) is -0.667. The summed E-state index contributed by atoms with van der Waals surface area (Å²) in [6, 6.07) is 3.99. The molecule has 150 valence electrons. The molecule has 0 spiro atoms. The van der Waals surface area contributed by atoms with Crippen molar-refractivity contribution in [2.24, 2.45) is 4.99 Å². The minimum atomic E-state index is -4.44. The number of carbonyl (C=O) groups is 2. The zero-order valence-corrected chi connectivity index (χ0v) is 15.5. The average Bonchev–Trinajstić information content (AvgIpc) is 2.61. The van der Waals surface area contributed by atoms with Gasteiger partial charge in [-0.1, -0.05) is 0 Å². The number of aliphatic imine (C=N–C) groups is 1. The van der Waals surface area contributed by atoms with Crippen LogP contribution in [0.3, 0.4) is 0 Å². The van der Waals surface area contributed by atoms with E-state index in [9.17, 15) is 22.8 Å². The molecule has 7 nitrogen and oxygen atoms in total. The van der Waals surface area contributed by atoms with E-state index in [4.69, 9.17) is 0 Å². The molecular formula is C17H24F3N5O2. The Hall–Kier alpha value is -2.78. The number of hydrogen-bond acceptors (Lipinski definition) is 3. The van der Waals surface area contributed by atoms with Crippen molar-refractivity contribution >= 4 is 17.8 Å². The van der Waals surface area contributed by atoms with E-state index in [1.54, 1.807) is 14.1 Å². The van der Waals surface area contributed by atoms with Crippen LogP contribution in [0.4, 0.5) is 13.2 Å². The minimum absolute atomic E-state index is 0.0136. The van der Waals surface area contributed by atoms with Crippen molar-refractivity contribution in [2.75, 3.05) is 40.3 Å².